The highest BCUT2D eigenvalue weighted by molar-refractivity contribution is 7.09. The Labute approximate surface area is 117 Å². The third-order valence-corrected chi connectivity index (χ3v) is 4.50. The summed E-state index contributed by atoms with van der Waals surface area (Å²) in [5.41, 5.74) is -0.460. The van der Waals surface area contributed by atoms with Gasteiger partial charge >= 0.3 is 0 Å². The van der Waals surface area contributed by atoms with Crippen molar-refractivity contribution in [1.29, 1.82) is 0 Å². The van der Waals surface area contributed by atoms with E-state index >= 15 is 0 Å². The number of aryl methyl sites for hydroxylation is 1. The summed E-state index contributed by atoms with van der Waals surface area (Å²) in [6.07, 6.45) is 3.70. The minimum atomic E-state index is -0.460. The van der Waals surface area contributed by atoms with Gasteiger partial charge in [0, 0.05) is 24.5 Å². The number of aliphatic hydroxyl groups excluding tert-OH is 1. The SMILES string of the molecule is O=C(CCCc1cccs1)NC1(CO)CCOCC1. The number of ether oxygens (including phenoxy) is 1. The number of amides is 1. The fourth-order valence-corrected chi connectivity index (χ4v) is 3.07. The monoisotopic (exact) mass is 283 g/mol. The molecule has 0 unspecified atom stereocenters. The van der Waals surface area contributed by atoms with Crippen LogP contribution in [0.5, 0.6) is 0 Å². The Morgan fingerprint density at radius 1 is 1.47 bits per heavy atom. The zero-order valence-electron chi connectivity index (χ0n) is 11.1. The molecular formula is C14H21NO3S. The number of aliphatic hydroxyl groups is 1. The Balaban J connectivity index is 1.73. The molecule has 106 valence electrons. The number of hydrogen-bond donors (Lipinski definition) is 2. The molecule has 1 amide bonds. The highest BCUT2D eigenvalue weighted by Crippen LogP contribution is 2.20. The van der Waals surface area contributed by atoms with Crippen LogP contribution >= 0.6 is 11.3 Å². The molecule has 1 aliphatic heterocycles. The van der Waals surface area contributed by atoms with E-state index in [1.54, 1.807) is 11.3 Å². The van der Waals surface area contributed by atoms with Crippen molar-refractivity contribution in [1.82, 2.24) is 5.32 Å². The molecule has 0 radical (unpaired) electrons. The van der Waals surface area contributed by atoms with Crippen molar-refractivity contribution in [3.8, 4) is 0 Å². The van der Waals surface area contributed by atoms with E-state index in [0.717, 1.165) is 12.8 Å². The summed E-state index contributed by atoms with van der Waals surface area (Å²) in [5, 5.41) is 14.5. The van der Waals surface area contributed by atoms with Crippen LogP contribution in [0.4, 0.5) is 0 Å². The lowest BCUT2D eigenvalue weighted by atomic mass is 9.90. The molecule has 1 saturated heterocycles. The van der Waals surface area contributed by atoms with Gasteiger partial charge in [-0.3, -0.25) is 4.79 Å². The maximum Gasteiger partial charge on any atom is 0.220 e. The highest BCUT2D eigenvalue weighted by Gasteiger charge is 2.33. The van der Waals surface area contributed by atoms with Crippen molar-refractivity contribution in [2.45, 2.75) is 37.6 Å². The Morgan fingerprint density at radius 3 is 2.89 bits per heavy atom. The van der Waals surface area contributed by atoms with E-state index in [1.807, 2.05) is 6.07 Å². The van der Waals surface area contributed by atoms with Crippen LogP contribution in [-0.2, 0) is 16.0 Å². The topological polar surface area (TPSA) is 58.6 Å². The number of carbonyl (C=O) groups is 1. The van der Waals surface area contributed by atoms with Crippen molar-refractivity contribution in [3.05, 3.63) is 22.4 Å². The molecule has 4 nitrogen and oxygen atoms in total. The zero-order chi connectivity index (χ0) is 13.6. The first-order valence-corrected chi connectivity index (χ1v) is 7.64. The highest BCUT2D eigenvalue weighted by atomic mass is 32.1. The Bertz CT molecular complexity index is 385. The molecule has 0 atom stereocenters. The molecule has 0 spiro atoms. The first-order chi connectivity index (χ1) is 9.24. The lowest BCUT2D eigenvalue weighted by molar-refractivity contribution is -0.125. The van der Waals surface area contributed by atoms with Crippen molar-refractivity contribution in [2.75, 3.05) is 19.8 Å². The second-order valence-corrected chi connectivity index (χ2v) is 6.06. The maximum atomic E-state index is 11.9. The van der Waals surface area contributed by atoms with Gasteiger partial charge in [0.1, 0.15) is 0 Å². The number of rotatable bonds is 6. The van der Waals surface area contributed by atoms with Gasteiger partial charge in [0.05, 0.1) is 12.1 Å². The van der Waals surface area contributed by atoms with E-state index in [0.29, 0.717) is 32.5 Å². The fraction of sp³-hybridized carbons (Fsp3) is 0.643. The summed E-state index contributed by atoms with van der Waals surface area (Å²) in [6.45, 7) is 1.21. The Hall–Kier alpha value is -0.910. The van der Waals surface area contributed by atoms with Gasteiger partial charge in [0.25, 0.3) is 0 Å². The number of carbonyl (C=O) groups excluding carboxylic acids is 1. The van der Waals surface area contributed by atoms with Crippen molar-refractivity contribution >= 4 is 17.2 Å². The number of thiophene rings is 1. The summed E-state index contributed by atoms with van der Waals surface area (Å²) >= 11 is 1.73. The summed E-state index contributed by atoms with van der Waals surface area (Å²) in [6, 6.07) is 4.12. The second kappa shape index (κ2) is 7.03. The van der Waals surface area contributed by atoms with Gasteiger partial charge in [-0.2, -0.15) is 0 Å². The largest absolute Gasteiger partial charge is 0.394 e. The van der Waals surface area contributed by atoms with E-state index in [2.05, 4.69) is 16.8 Å². The molecule has 1 aliphatic rings. The van der Waals surface area contributed by atoms with Gasteiger partial charge < -0.3 is 15.2 Å². The van der Waals surface area contributed by atoms with E-state index < -0.39 is 5.54 Å². The van der Waals surface area contributed by atoms with Crippen LogP contribution in [0.25, 0.3) is 0 Å². The molecule has 19 heavy (non-hydrogen) atoms. The summed E-state index contributed by atoms with van der Waals surface area (Å²) < 4.78 is 5.28. The molecule has 1 aromatic heterocycles. The van der Waals surface area contributed by atoms with E-state index in [4.69, 9.17) is 4.74 Å². The van der Waals surface area contributed by atoms with Gasteiger partial charge in [0.2, 0.25) is 5.91 Å². The molecular weight excluding hydrogens is 262 g/mol. The van der Waals surface area contributed by atoms with E-state index in [-0.39, 0.29) is 12.5 Å². The van der Waals surface area contributed by atoms with Gasteiger partial charge in [-0.1, -0.05) is 6.07 Å². The minimum Gasteiger partial charge on any atom is -0.394 e. The summed E-state index contributed by atoms with van der Waals surface area (Å²) in [5.74, 6) is 0.0347. The standard InChI is InChI=1S/C14H21NO3S/c16-11-14(6-8-18-9-7-14)15-13(17)5-1-3-12-4-2-10-19-12/h2,4,10,16H,1,3,5-9,11H2,(H,15,17). The van der Waals surface area contributed by atoms with Crippen LogP contribution < -0.4 is 5.32 Å². The van der Waals surface area contributed by atoms with Crippen LogP contribution in [0, 0.1) is 0 Å². The lowest BCUT2D eigenvalue weighted by Crippen LogP contribution is -2.54. The minimum absolute atomic E-state index is 0.00692. The van der Waals surface area contributed by atoms with Crippen molar-refractivity contribution < 1.29 is 14.6 Å². The third-order valence-electron chi connectivity index (χ3n) is 3.56. The van der Waals surface area contributed by atoms with Crippen LogP contribution in [0.3, 0.4) is 0 Å². The second-order valence-electron chi connectivity index (χ2n) is 5.03. The molecule has 2 heterocycles. The molecule has 0 aromatic carbocycles. The first-order valence-electron chi connectivity index (χ1n) is 6.76. The fourth-order valence-electron chi connectivity index (χ4n) is 2.32. The van der Waals surface area contributed by atoms with Crippen LogP contribution in [0.1, 0.15) is 30.6 Å². The zero-order valence-corrected chi connectivity index (χ0v) is 11.9. The molecule has 5 heteroatoms. The van der Waals surface area contributed by atoms with Gasteiger partial charge in [0.15, 0.2) is 0 Å². The van der Waals surface area contributed by atoms with Gasteiger partial charge in [-0.05, 0) is 37.1 Å². The average Bonchev–Trinajstić information content (AvgIpc) is 2.93. The molecule has 2 rings (SSSR count). The molecule has 0 aliphatic carbocycles. The normalized spacial score (nSPS) is 18.2. The van der Waals surface area contributed by atoms with E-state index in [1.165, 1.54) is 4.88 Å². The van der Waals surface area contributed by atoms with Crippen LogP contribution in [0.15, 0.2) is 17.5 Å². The average molecular weight is 283 g/mol. The van der Waals surface area contributed by atoms with Gasteiger partial charge in [-0.15, -0.1) is 11.3 Å². The molecule has 2 N–H and O–H groups in total. The Morgan fingerprint density at radius 2 is 2.26 bits per heavy atom. The van der Waals surface area contributed by atoms with E-state index in [9.17, 15) is 9.90 Å². The number of hydrogen-bond acceptors (Lipinski definition) is 4. The maximum absolute atomic E-state index is 11.9. The van der Waals surface area contributed by atoms with Crippen molar-refractivity contribution in [2.24, 2.45) is 0 Å². The smallest absolute Gasteiger partial charge is 0.220 e. The predicted octanol–water partition coefficient (Wildman–Crippen LogP) is 1.73. The first kappa shape index (κ1) is 14.5. The molecule has 0 bridgehead atoms. The lowest BCUT2D eigenvalue weighted by Gasteiger charge is -2.36. The molecule has 0 saturated carbocycles. The molecule has 1 fully saturated rings. The summed E-state index contributed by atoms with van der Waals surface area (Å²) in [4.78, 5) is 13.3. The van der Waals surface area contributed by atoms with Gasteiger partial charge in [-0.25, -0.2) is 0 Å². The number of nitrogens with one attached hydrogen (secondary N) is 1. The third kappa shape index (κ3) is 4.30. The quantitative estimate of drug-likeness (QED) is 0.836. The summed E-state index contributed by atoms with van der Waals surface area (Å²) in [7, 11) is 0. The molecule has 1 aromatic rings. The Kier molecular flexibility index (Phi) is 5.36. The predicted molar refractivity (Wildman–Crippen MR) is 75.3 cm³/mol. The van der Waals surface area contributed by atoms with Crippen molar-refractivity contribution in [3.63, 3.8) is 0 Å². The van der Waals surface area contributed by atoms with Crippen LogP contribution in [0.2, 0.25) is 0 Å². The van der Waals surface area contributed by atoms with Crippen LogP contribution in [-0.4, -0.2) is 36.4 Å².